The molecule has 4 nitrogen and oxygen atoms in total. The monoisotopic (exact) mass is 238 g/mol. The molecule has 2 heterocycles. The smallest absolute Gasteiger partial charge is 0.178 e. The number of aromatic amines is 1. The largest absolute Gasteiger partial charge is 0.399 e. The van der Waals surface area contributed by atoms with Gasteiger partial charge in [0, 0.05) is 16.9 Å². The lowest BCUT2D eigenvalue weighted by Gasteiger charge is -2.02. The highest BCUT2D eigenvalue weighted by Gasteiger charge is 2.08. The Balaban J connectivity index is 2.19. The van der Waals surface area contributed by atoms with Gasteiger partial charge in [0.2, 0.25) is 0 Å². The van der Waals surface area contributed by atoms with E-state index in [2.05, 4.69) is 15.0 Å². The van der Waals surface area contributed by atoms with Gasteiger partial charge in [0.15, 0.2) is 5.65 Å². The molecule has 0 fully saturated rings. The Morgan fingerprint density at radius 2 is 1.89 bits per heavy atom. The second kappa shape index (κ2) is 3.84. The summed E-state index contributed by atoms with van der Waals surface area (Å²) in [4.78, 5) is 12.2. The predicted octanol–water partition coefficient (Wildman–Crippen LogP) is 2.82. The summed E-state index contributed by atoms with van der Waals surface area (Å²) in [6, 6.07) is 9.78. The van der Waals surface area contributed by atoms with Crippen molar-refractivity contribution in [1.29, 1.82) is 0 Å². The minimum absolute atomic E-state index is 0.751. The lowest BCUT2D eigenvalue weighted by molar-refractivity contribution is 1.22. The highest BCUT2D eigenvalue weighted by molar-refractivity contribution is 5.77. The second-order valence-corrected chi connectivity index (χ2v) is 4.48. The number of nitrogens with zero attached hydrogens (tertiary/aromatic N) is 2. The summed E-state index contributed by atoms with van der Waals surface area (Å²) in [6.45, 7) is 3.99. The zero-order valence-corrected chi connectivity index (χ0v) is 10.4. The van der Waals surface area contributed by atoms with Crippen molar-refractivity contribution in [3.63, 3.8) is 0 Å². The van der Waals surface area contributed by atoms with E-state index in [4.69, 9.17) is 5.73 Å². The summed E-state index contributed by atoms with van der Waals surface area (Å²) in [6.07, 6.45) is 0. The molecule has 0 aliphatic carbocycles. The highest BCUT2D eigenvalue weighted by atomic mass is 15.0. The zero-order chi connectivity index (χ0) is 12.7. The number of nitrogens with two attached hydrogens (primary N) is 1. The molecular weight excluding hydrogens is 224 g/mol. The van der Waals surface area contributed by atoms with Crippen molar-refractivity contribution in [2.45, 2.75) is 13.8 Å². The van der Waals surface area contributed by atoms with Gasteiger partial charge < -0.3 is 10.7 Å². The third-order valence-corrected chi connectivity index (χ3v) is 2.99. The van der Waals surface area contributed by atoms with Gasteiger partial charge in [-0.1, -0.05) is 0 Å². The normalized spacial score (nSPS) is 11.0. The maximum absolute atomic E-state index is 5.76. The number of fused-ring (bicyclic) bond motifs is 1. The van der Waals surface area contributed by atoms with Crippen LogP contribution in [0.5, 0.6) is 0 Å². The lowest BCUT2D eigenvalue weighted by Crippen LogP contribution is -1.89. The predicted molar refractivity (Wildman–Crippen MR) is 73.2 cm³/mol. The summed E-state index contributed by atoms with van der Waals surface area (Å²) in [5.74, 6) is 0.834. The minimum atomic E-state index is 0.751. The Morgan fingerprint density at radius 3 is 2.67 bits per heavy atom. The first kappa shape index (κ1) is 10.8. The van der Waals surface area contributed by atoms with Crippen LogP contribution < -0.4 is 5.73 Å². The number of imidazole rings is 1. The molecule has 0 unspecified atom stereocenters. The third-order valence-electron chi connectivity index (χ3n) is 2.99. The number of aryl methyl sites for hydroxylation is 2. The average molecular weight is 238 g/mol. The fourth-order valence-electron chi connectivity index (χ4n) is 2.07. The van der Waals surface area contributed by atoms with Gasteiger partial charge in [-0.05, 0) is 49.7 Å². The number of nitrogens with one attached hydrogen (secondary N) is 1. The second-order valence-electron chi connectivity index (χ2n) is 4.48. The summed E-state index contributed by atoms with van der Waals surface area (Å²) >= 11 is 0. The number of pyridine rings is 1. The van der Waals surface area contributed by atoms with Crippen LogP contribution in [-0.2, 0) is 0 Å². The van der Waals surface area contributed by atoms with Gasteiger partial charge in [0.1, 0.15) is 5.82 Å². The molecule has 3 N–H and O–H groups in total. The molecule has 0 saturated carbocycles. The topological polar surface area (TPSA) is 67.6 Å². The van der Waals surface area contributed by atoms with E-state index in [1.807, 2.05) is 44.2 Å². The molecule has 2 aromatic heterocycles. The Kier molecular flexibility index (Phi) is 2.30. The van der Waals surface area contributed by atoms with Crippen LogP contribution >= 0.6 is 0 Å². The molecule has 3 rings (SSSR count). The molecule has 3 aromatic rings. The Bertz CT molecular complexity index is 728. The van der Waals surface area contributed by atoms with Crippen molar-refractivity contribution in [2.24, 2.45) is 0 Å². The third kappa shape index (κ3) is 1.72. The summed E-state index contributed by atoms with van der Waals surface area (Å²) in [7, 11) is 0. The maximum atomic E-state index is 5.76. The van der Waals surface area contributed by atoms with Gasteiger partial charge in [-0.25, -0.2) is 9.97 Å². The molecular formula is C14H14N4. The molecule has 0 aliphatic rings. The maximum Gasteiger partial charge on any atom is 0.178 e. The Morgan fingerprint density at radius 1 is 1.06 bits per heavy atom. The van der Waals surface area contributed by atoms with Gasteiger partial charge in [-0.15, -0.1) is 0 Å². The molecule has 0 spiro atoms. The molecule has 18 heavy (non-hydrogen) atoms. The van der Waals surface area contributed by atoms with Crippen LogP contribution in [0.3, 0.4) is 0 Å². The van der Waals surface area contributed by atoms with E-state index in [0.29, 0.717) is 0 Å². The number of aromatic nitrogens is 3. The van der Waals surface area contributed by atoms with E-state index in [-0.39, 0.29) is 0 Å². The lowest BCUT2D eigenvalue weighted by atomic mass is 10.1. The van der Waals surface area contributed by atoms with E-state index in [9.17, 15) is 0 Å². The molecule has 0 aliphatic heterocycles. The van der Waals surface area contributed by atoms with E-state index >= 15 is 0 Å². The number of hydrogen-bond acceptors (Lipinski definition) is 3. The van der Waals surface area contributed by atoms with Gasteiger partial charge >= 0.3 is 0 Å². The van der Waals surface area contributed by atoms with Crippen LogP contribution in [0.15, 0.2) is 30.3 Å². The van der Waals surface area contributed by atoms with Crippen LogP contribution in [-0.4, -0.2) is 15.0 Å². The van der Waals surface area contributed by atoms with Crippen molar-refractivity contribution >= 4 is 16.9 Å². The minimum Gasteiger partial charge on any atom is -0.399 e. The number of hydrogen-bond donors (Lipinski definition) is 2. The van der Waals surface area contributed by atoms with Crippen molar-refractivity contribution < 1.29 is 0 Å². The van der Waals surface area contributed by atoms with Crippen LogP contribution in [0.25, 0.3) is 22.6 Å². The number of rotatable bonds is 1. The number of benzene rings is 1. The standard InChI is InChI=1S/C14H14N4/c1-8-7-10(15)4-5-11(8)13-17-12-6-3-9(2)16-14(12)18-13/h3-7H,15H2,1-2H3,(H,16,17,18). The molecule has 0 radical (unpaired) electrons. The molecule has 0 amide bonds. The molecule has 0 saturated heterocycles. The SMILES string of the molecule is Cc1ccc2[nH]c(-c3ccc(N)cc3C)nc2n1. The van der Waals surface area contributed by atoms with Crippen LogP contribution in [0.1, 0.15) is 11.3 Å². The highest BCUT2D eigenvalue weighted by Crippen LogP contribution is 2.24. The molecule has 0 bridgehead atoms. The van der Waals surface area contributed by atoms with Gasteiger partial charge in [-0.3, -0.25) is 0 Å². The van der Waals surface area contributed by atoms with Gasteiger partial charge in [0.05, 0.1) is 5.52 Å². The summed E-state index contributed by atoms with van der Waals surface area (Å²) in [5.41, 5.74) is 11.3. The molecule has 4 heteroatoms. The van der Waals surface area contributed by atoms with Crippen molar-refractivity contribution in [3.05, 3.63) is 41.6 Å². The molecule has 90 valence electrons. The summed E-state index contributed by atoms with van der Waals surface area (Å²) < 4.78 is 0. The van der Waals surface area contributed by atoms with E-state index < -0.39 is 0 Å². The van der Waals surface area contributed by atoms with Gasteiger partial charge in [0.25, 0.3) is 0 Å². The fraction of sp³-hybridized carbons (Fsp3) is 0.143. The van der Waals surface area contributed by atoms with Crippen molar-refractivity contribution in [1.82, 2.24) is 15.0 Å². The first-order chi connectivity index (χ1) is 8.63. The van der Waals surface area contributed by atoms with Crippen molar-refractivity contribution in [2.75, 3.05) is 5.73 Å². The van der Waals surface area contributed by atoms with E-state index in [1.165, 1.54) is 0 Å². The average Bonchev–Trinajstić information content (AvgIpc) is 2.71. The Hall–Kier alpha value is -2.36. The van der Waals surface area contributed by atoms with Crippen LogP contribution in [0.2, 0.25) is 0 Å². The first-order valence-electron chi connectivity index (χ1n) is 5.83. The number of anilines is 1. The van der Waals surface area contributed by atoms with E-state index in [1.54, 1.807) is 0 Å². The summed E-state index contributed by atoms with van der Waals surface area (Å²) in [5, 5.41) is 0. The van der Waals surface area contributed by atoms with E-state index in [0.717, 1.165) is 39.5 Å². The number of nitrogen functional groups attached to an aromatic ring is 1. The molecule has 0 atom stereocenters. The molecule has 1 aromatic carbocycles. The quantitative estimate of drug-likeness (QED) is 0.640. The number of H-pyrrole nitrogens is 1. The van der Waals surface area contributed by atoms with Crippen LogP contribution in [0.4, 0.5) is 5.69 Å². The van der Waals surface area contributed by atoms with Crippen molar-refractivity contribution in [3.8, 4) is 11.4 Å². The van der Waals surface area contributed by atoms with Crippen LogP contribution in [0, 0.1) is 13.8 Å². The fourth-order valence-corrected chi connectivity index (χ4v) is 2.07. The van der Waals surface area contributed by atoms with Gasteiger partial charge in [-0.2, -0.15) is 0 Å². The Labute approximate surface area is 105 Å². The zero-order valence-electron chi connectivity index (χ0n) is 10.4. The first-order valence-corrected chi connectivity index (χ1v) is 5.83.